The minimum absolute atomic E-state index is 0.0215. The van der Waals surface area contributed by atoms with Gasteiger partial charge in [-0.2, -0.15) is 0 Å². The highest BCUT2D eigenvalue weighted by atomic mass is 16.2. The van der Waals surface area contributed by atoms with Crippen molar-refractivity contribution in [2.75, 3.05) is 13.6 Å². The molecule has 5 nitrogen and oxygen atoms in total. The van der Waals surface area contributed by atoms with Crippen LogP contribution in [0.3, 0.4) is 0 Å². The Morgan fingerprint density at radius 1 is 1.24 bits per heavy atom. The number of rotatable bonds is 5. The Bertz CT molecular complexity index is 733. The average molecular weight is 337 g/mol. The molecule has 3 rings (SSSR count). The molecule has 1 aliphatic rings. The minimum Gasteiger partial charge on any atom is -0.339 e. The Morgan fingerprint density at radius 3 is 2.60 bits per heavy atom. The summed E-state index contributed by atoms with van der Waals surface area (Å²) in [5.41, 5.74) is 2.12. The molecular weight excluding hydrogens is 314 g/mol. The van der Waals surface area contributed by atoms with Gasteiger partial charge in [0, 0.05) is 39.0 Å². The maximum atomic E-state index is 12.8. The maximum absolute atomic E-state index is 12.8. The number of benzene rings is 1. The minimum atomic E-state index is -0.273. The number of hydrogen-bond donors (Lipinski definition) is 0. The summed E-state index contributed by atoms with van der Waals surface area (Å²) in [4.78, 5) is 32.7. The molecule has 5 heteroatoms. The van der Waals surface area contributed by atoms with Crippen molar-refractivity contribution in [2.45, 2.75) is 25.9 Å². The van der Waals surface area contributed by atoms with Gasteiger partial charge in [-0.15, -0.1) is 0 Å². The Hall–Kier alpha value is -2.69. The topological polar surface area (TPSA) is 53.5 Å². The van der Waals surface area contributed by atoms with Crippen molar-refractivity contribution in [3.8, 4) is 0 Å². The van der Waals surface area contributed by atoms with Crippen LogP contribution in [-0.2, 0) is 16.1 Å². The molecule has 2 atom stereocenters. The van der Waals surface area contributed by atoms with Crippen molar-refractivity contribution in [1.82, 2.24) is 14.8 Å². The molecule has 130 valence electrons. The normalized spacial score (nSPS) is 18.2. The van der Waals surface area contributed by atoms with Crippen molar-refractivity contribution < 1.29 is 9.59 Å². The van der Waals surface area contributed by atoms with E-state index in [4.69, 9.17) is 0 Å². The highest BCUT2D eigenvalue weighted by Gasteiger charge is 2.36. The zero-order chi connectivity index (χ0) is 17.8. The van der Waals surface area contributed by atoms with Gasteiger partial charge in [-0.25, -0.2) is 0 Å². The van der Waals surface area contributed by atoms with Gasteiger partial charge in [-0.3, -0.25) is 14.6 Å². The van der Waals surface area contributed by atoms with Crippen LogP contribution < -0.4 is 0 Å². The van der Waals surface area contributed by atoms with Crippen molar-refractivity contribution in [2.24, 2.45) is 5.92 Å². The fourth-order valence-corrected chi connectivity index (χ4v) is 3.24. The van der Waals surface area contributed by atoms with E-state index in [9.17, 15) is 9.59 Å². The van der Waals surface area contributed by atoms with E-state index in [0.717, 1.165) is 11.1 Å². The summed E-state index contributed by atoms with van der Waals surface area (Å²) in [6.45, 7) is 3.04. The van der Waals surface area contributed by atoms with E-state index in [2.05, 4.69) is 4.98 Å². The van der Waals surface area contributed by atoms with Crippen LogP contribution in [0.5, 0.6) is 0 Å². The lowest BCUT2D eigenvalue weighted by Gasteiger charge is -2.27. The molecule has 1 aromatic carbocycles. The largest absolute Gasteiger partial charge is 0.339 e. The van der Waals surface area contributed by atoms with Gasteiger partial charge >= 0.3 is 0 Å². The van der Waals surface area contributed by atoms with E-state index in [1.54, 1.807) is 29.2 Å². The zero-order valence-corrected chi connectivity index (χ0v) is 14.6. The second kappa shape index (κ2) is 7.47. The molecule has 0 N–H and O–H groups in total. The van der Waals surface area contributed by atoms with Gasteiger partial charge in [0.1, 0.15) is 0 Å². The van der Waals surface area contributed by atoms with Crippen LogP contribution in [0.1, 0.15) is 30.5 Å². The first-order valence-electron chi connectivity index (χ1n) is 8.54. The third-order valence-electron chi connectivity index (χ3n) is 4.90. The molecule has 1 aromatic heterocycles. The zero-order valence-electron chi connectivity index (χ0n) is 14.6. The Morgan fingerprint density at radius 2 is 1.92 bits per heavy atom. The highest BCUT2D eigenvalue weighted by Crippen LogP contribution is 2.26. The summed E-state index contributed by atoms with van der Waals surface area (Å²) >= 11 is 0. The van der Waals surface area contributed by atoms with E-state index in [0.29, 0.717) is 19.5 Å². The second-order valence-corrected chi connectivity index (χ2v) is 6.57. The van der Waals surface area contributed by atoms with Gasteiger partial charge in [-0.1, -0.05) is 30.3 Å². The quantitative estimate of drug-likeness (QED) is 0.843. The summed E-state index contributed by atoms with van der Waals surface area (Å²) in [5, 5.41) is 0. The number of hydrogen-bond acceptors (Lipinski definition) is 3. The van der Waals surface area contributed by atoms with Crippen LogP contribution in [-0.4, -0.2) is 40.2 Å². The molecule has 0 spiro atoms. The molecular formula is C20H23N3O2. The number of aromatic nitrogens is 1. The number of amides is 2. The van der Waals surface area contributed by atoms with Crippen molar-refractivity contribution in [3.05, 3.63) is 66.0 Å². The Kier molecular flexibility index (Phi) is 5.12. The molecule has 1 fully saturated rings. The summed E-state index contributed by atoms with van der Waals surface area (Å²) in [7, 11) is 1.80. The molecule has 1 aliphatic heterocycles. The molecule has 0 aliphatic carbocycles. The van der Waals surface area contributed by atoms with Crippen LogP contribution in [0.2, 0.25) is 0 Å². The average Bonchev–Trinajstić information content (AvgIpc) is 3.02. The fraction of sp³-hybridized carbons (Fsp3) is 0.350. The standard InChI is InChI=1S/C20H23N3O2/c1-15(17-8-10-21-11-9-17)22(2)20(25)18-12-19(24)23(14-18)13-16-6-4-3-5-7-16/h3-11,15,18H,12-14H2,1-2H3/t15-,18+/m0/s1. The first-order valence-corrected chi connectivity index (χ1v) is 8.54. The Labute approximate surface area is 148 Å². The summed E-state index contributed by atoms with van der Waals surface area (Å²) in [6, 6.07) is 13.7. The van der Waals surface area contributed by atoms with Crippen LogP contribution in [0.25, 0.3) is 0 Å². The number of nitrogens with zero attached hydrogens (tertiary/aromatic N) is 3. The smallest absolute Gasteiger partial charge is 0.228 e. The van der Waals surface area contributed by atoms with E-state index in [1.807, 2.05) is 49.4 Å². The summed E-state index contributed by atoms with van der Waals surface area (Å²) < 4.78 is 0. The van der Waals surface area contributed by atoms with Crippen molar-refractivity contribution in [3.63, 3.8) is 0 Å². The summed E-state index contributed by atoms with van der Waals surface area (Å²) in [5.74, 6) is -0.203. The van der Waals surface area contributed by atoms with E-state index < -0.39 is 0 Å². The van der Waals surface area contributed by atoms with Crippen LogP contribution >= 0.6 is 0 Å². The lowest BCUT2D eigenvalue weighted by Crippen LogP contribution is -2.36. The number of likely N-dealkylation sites (tertiary alicyclic amines) is 1. The molecule has 0 saturated carbocycles. The predicted molar refractivity (Wildman–Crippen MR) is 95.4 cm³/mol. The summed E-state index contributed by atoms with van der Waals surface area (Å²) in [6.07, 6.45) is 3.74. The van der Waals surface area contributed by atoms with Gasteiger partial charge in [-0.05, 0) is 30.2 Å². The van der Waals surface area contributed by atoms with Crippen LogP contribution in [0, 0.1) is 5.92 Å². The molecule has 25 heavy (non-hydrogen) atoms. The third kappa shape index (κ3) is 3.87. The van der Waals surface area contributed by atoms with Crippen molar-refractivity contribution in [1.29, 1.82) is 0 Å². The van der Waals surface area contributed by atoms with E-state index in [-0.39, 0.29) is 23.8 Å². The molecule has 0 bridgehead atoms. The monoisotopic (exact) mass is 337 g/mol. The molecule has 1 saturated heterocycles. The number of carbonyl (C=O) groups is 2. The van der Waals surface area contributed by atoms with E-state index in [1.165, 1.54) is 0 Å². The maximum Gasteiger partial charge on any atom is 0.228 e. The highest BCUT2D eigenvalue weighted by molar-refractivity contribution is 5.89. The fourth-order valence-electron chi connectivity index (χ4n) is 3.24. The number of pyridine rings is 1. The molecule has 2 amide bonds. The predicted octanol–water partition coefficient (Wildman–Crippen LogP) is 2.65. The van der Waals surface area contributed by atoms with Crippen LogP contribution in [0.4, 0.5) is 0 Å². The molecule has 0 unspecified atom stereocenters. The lowest BCUT2D eigenvalue weighted by atomic mass is 10.0. The van der Waals surface area contributed by atoms with Gasteiger partial charge in [0.05, 0.1) is 12.0 Å². The molecule has 2 heterocycles. The first kappa shape index (κ1) is 17.1. The molecule has 2 aromatic rings. The number of carbonyl (C=O) groups excluding carboxylic acids is 2. The van der Waals surface area contributed by atoms with Crippen LogP contribution in [0.15, 0.2) is 54.9 Å². The van der Waals surface area contributed by atoms with Gasteiger partial charge in [0.2, 0.25) is 11.8 Å². The van der Waals surface area contributed by atoms with E-state index >= 15 is 0 Å². The molecule has 0 radical (unpaired) electrons. The SMILES string of the molecule is C[C@@H](c1ccncc1)N(C)C(=O)[C@@H]1CC(=O)N(Cc2ccccc2)C1. The first-order chi connectivity index (χ1) is 12.1. The van der Waals surface area contributed by atoms with Gasteiger partial charge in [0.25, 0.3) is 0 Å². The second-order valence-electron chi connectivity index (χ2n) is 6.57. The van der Waals surface area contributed by atoms with Crippen molar-refractivity contribution >= 4 is 11.8 Å². The van der Waals surface area contributed by atoms with Gasteiger partial charge in [0.15, 0.2) is 0 Å². The third-order valence-corrected chi connectivity index (χ3v) is 4.90. The lowest BCUT2D eigenvalue weighted by molar-refractivity contribution is -0.136. The Balaban J connectivity index is 1.64. The van der Waals surface area contributed by atoms with Gasteiger partial charge < -0.3 is 9.80 Å².